The van der Waals surface area contributed by atoms with Gasteiger partial charge in [-0.25, -0.2) is 0 Å². The Balaban J connectivity index is -0.0000000480. The number of hydrogen-bond donors (Lipinski definition) is 1. The van der Waals surface area contributed by atoms with Gasteiger partial charge in [0.1, 0.15) is 0 Å². The van der Waals surface area contributed by atoms with Crippen LogP contribution in [0.15, 0.2) is 0 Å². The van der Waals surface area contributed by atoms with Gasteiger partial charge in [-0.15, -0.1) is 0 Å². The van der Waals surface area contributed by atoms with Crippen molar-refractivity contribution in [3.05, 3.63) is 0 Å². The summed E-state index contributed by atoms with van der Waals surface area (Å²) < 4.78 is 0. The number of aliphatic hydroxyl groups is 1. The molecule has 0 aromatic heterocycles. The first-order valence-electron chi connectivity index (χ1n) is 1.58. The largest absolute Gasteiger partial charge is 2.00 e. The predicted octanol–water partition coefficient (Wildman–Crippen LogP) is -2.37. The predicted molar refractivity (Wildman–Crippen MR) is 23.1 cm³/mol. The molecule has 0 atom stereocenters. The van der Waals surface area contributed by atoms with Crippen LogP contribution < -0.4 is 10.5 Å². The zero-order chi connectivity index (χ0) is 5.58. The van der Waals surface area contributed by atoms with E-state index in [1.807, 2.05) is 0 Å². The molecule has 0 spiro atoms. The third kappa shape index (κ3) is 344. The van der Waals surface area contributed by atoms with Gasteiger partial charge in [0.15, 0.2) is 0 Å². The van der Waals surface area contributed by atoms with E-state index in [0.717, 1.165) is 0 Å². The van der Waals surface area contributed by atoms with Crippen molar-refractivity contribution in [2.24, 2.45) is 0 Å². The fourth-order valence-corrected chi connectivity index (χ4v) is 0. The summed E-state index contributed by atoms with van der Waals surface area (Å²) in [6.45, 7) is 3.44. The molecule has 0 amide bonds. The van der Waals surface area contributed by atoms with Crippen molar-refractivity contribution in [1.29, 1.82) is 0 Å². The quantitative estimate of drug-likeness (QED) is 0.219. The van der Waals surface area contributed by atoms with Crippen LogP contribution in [0, 0.1) is 0 Å². The van der Waals surface area contributed by atoms with E-state index < -0.39 is 0 Å². The second-order valence-electron chi connectivity index (χ2n) is 1.09. The summed E-state index contributed by atoms with van der Waals surface area (Å²) in [6, 6.07) is 0. The molecule has 0 rings (SSSR count). The molecule has 0 saturated heterocycles. The van der Waals surface area contributed by atoms with E-state index >= 15 is 0 Å². The molecular weight excluding hydrogens is 108 g/mol. The van der Waals surface area contributed by atoms with Crippen molar-refractivity contribution in [3.8, 4) is 0 Å². The van der Waals surface area contributed by atoms with E-state index in [0.29, 0.717) is 0 Å². The second-order valence-corrected chi connectivity index (χ2v) is 1.09. The number of hydrogen-bond acceptors (Lipinski definition) is 3. The SMILES string of the molecule is CC(C)O.[Mg+2].[O-][O-]. The minimum atomic E-state index is -0.167. The van der Waals surface area contributed by atoms with Gasteiger partial charge in [0.2, 0.25) is 0 Å². The van der Waals surface area contributed by atoms with Crippen molar-refractivity contribution >= 4 is 23.1 Å². The molecule has 0 aromatic rings. The van der Waals surface area contributed by atoms with E-state index in [-0.39, 0.29) is 29.2 Å². The van der Waals surface area contributed by atoms with Crippen LogP contribution in [0.3, 0.4) is 0 Å². The molecule has 0 heterocycles. The number of aliphatic hydroxyl groups excluding tert-OH is 1. The Morgan fingerprint density at radius 2 is 1.29 bits per heavy atom. The van der Waals surface area contributed by atoms with Gasteiger partial charge in [-0.2, -0.15) is 0 Å². The fourth-order valence-electron chi connectivity index (χ4n) is 0. The Labute approximate surface area is 59.1 Å². The van der Waals surface area contributed by atoms with E-state index in [9.17, 15) is 0 Å². The summed E-state index contributed by atoms with van der Waals surface area (Å²) in [5, 5.41) is 22.1. The van der Waals surface area contributed by atoms with E-state index in [1.54, 1.807) is 13.8 Å². The molecule has 0 aliphatic heterocycles. The average molecular weight is 116 g/mol. The minimum Gasteiger partial charge on any atom is -1.00 e. The molecule has 3 nitrogen and oxygen atoms in total. The topological polar surface area (TPSA) is 66.3 Å². The second kappa shape index (κ2) is 15.9. The maximum Gasteiger partial charge on any atom is 2.00 e. The van der Waals surface area contributed by atoms with E-state index in [1.165, 1.54) is 0 Å². The molecule has 0 unspecified atom stereocenters. The smallest absolute Gasteiger partial charge is 1.00 e. The monoisotopic (exact) mass is 116 g/mol. The zero-order valence-electron chi connectivity index (χ0n) is 4.55. The summed E-state index contributed by atoms with van der Waals surface area (Å²) in [4.78, 5) is 0. The van der Waals surface area contributed by atoms with Crippen molar-refractivity contribution in [2.75, 3.05) is 0 Å². The van der Waals surface area contributed by atoms with Crippen LogP contribution in [0.1, 0.15) is 13.8 Å². The Morgan fingerprint density at radius 1 is 1.29 bits per heavy atom. The maximum absolute atomic E-state index is 8.06. The molecular formula is C3H8MgO3. The first kappa shape index (κ1) is 15.6. The van der Waals surface area contributed by atoms with Gasteiger partial charge in [0.05, 0.1) is 0 Å². The fraction of sp³-hybridized carbons (Fsp3) is 1.00. The molecule has 0 saturated carbocycles. The minimum absolute atomic E-state index is 0. The van der Waals surface area contributed by atoms with Gasteiger partial charge in [-0.3, -0.25) is 0 Å². The average Bonchev–Trinajstić information content (AvgIpc) is 1.41. The van der Waals surface area contributed by atoms with Gasteiger partial charge in [-0.1, -0.05) is 0 Å². The molecule has 7 heavy (non-hydrogen) atoms. The zero-order valence-corrected chi connectivity index (χ0v) is 5.96. The van der Waals surface area contributed by atoms with Gasteiger partial charge < -0.3 is 15.6 Å². The molecule has 1 N–H and O–H groups in total. The van der Waals surface area contributed by atoms with E-state index in [2.05, 4.69) is 0 Å². The maximum atomic E-state index is 8.06. The van der Waals surface area contributed by atoms with Crippen LogP contribution in [0.5, 0.6) is 0 Å². The molecule has 0 aromatic carbocycles. The number of rotatable bonds is 0. The molecule has 0 aliphatic carbocycles. The Morgan fingerprint density at radius 3 is 1.29 bits per heavy atom. The molecule has 0 aliphatic rings. The summed E-state index contributed by atoms with van der Waals surface area (Å²) >= 11 is 0. The summed E-state index contributed by atoms with van der Waals surface area (Å²) in [5.41, 5.74) is 0. The molecule has 0 fully saturated rings. The van der Waals surface area contributed by atoms with Gasteiger partial charge in [0, 0.05) is 6.10 Å². The molecule has 4 heteroatoms. The summed E-state index contributed by atoms with van der Waals surface area (Å²) in [5.74, 6) is 0. The van der Waals surface area contributed by atoms with Crippen molar-refractivity contribution < 1.29 is 15.6 Å². The third-order valence-corrected chi connectivity index (χ3v) is 0. The Hall–Kier alpha value is 0.646. The van der Waals surface area contributed by atoms with Crippen molar-refractivity contribution in [3.63, 3.8) is 0 Å². The van der Waals surface area contributed by atoms with Gasteiger partial charge >= 0.3 is 23.1 Å². The van der Waals surface area contributed by atoms with Crippen LogP contribution >= 0.6 is 0 Å². The third-order valence-electron chi connectivity index (χ3n) is 0. The van der Waals surface area contributed by atoms with Crippen LogP contribution in [-0.4, -0.2) is 34.3 Å². The first-order valence-corrected chi connectivity index (χ1v) is 1.58. The van der Waals surface area contributed by atoms with Crippen LogP contribution in [-0.2, 0) is 0 Å². The Kier molecular flexibility index (Phi) is 35.6. The molecule has 0 bridgehead atoms. The normalized spacial score (nSPS) is 6.00. The van der Waals surface area contributed by atoms with Gasteiger partial charge in [-0.05, 0) is 13.8 Å². The summed E-state index contributed by atoms with van der Waals surface area (Å²) in [6.07, 6.45) is -0.167. The molecule has 0 radical (unpaired) electrons. The van der Waals surface area contributed by atoms with Crippen LogP contribution in [0.2, 0.25) is 0 Å². The van der Waals surface area contributed by atoms with Crippen molar-refractivity contribution in [2.45, 2.75) is 20.0 Å². The van der Waals surface area contributed by atoms with Crippen molar-refractivity contribution in [1.82, 2.24) is 0 Å². The van der Waals surface area contributed by atoms with E-state index in [4.69, 9.17) is 15.6 Å². The van der Waals surface area contributed by atoms with Crippen LogP contribution in [0.25, 0.3) is 0 Å². The van der Waals surface area contributed by atoms with Crippen LogP contribution in [0.4, 0.5) is 0 Å². The summed E-state index contributed by atoms with van der Waals surface area (Å²) in [7, 11) is 0. The van der Waals surface area contributed by atoms with Gasteiger partial charge in [0.25, 0.3) is 0 Å². The first-order chi connectivity index (χ1) is 2.73. The molecule has 40 valence electrons. The Bertz CT molecular complexity index is 14.9. The standard InChI is InChI=1S/C3H8O.Mg.O2/c1-3(2)4;;1-2/h3-4H,1-2H3;;/q;+2;-2.